The molecule has 1 aliphatic rings. The van der Waals surface area contributed by atoms with Crippen LogP contribution in [0.1, 0.15) is 35.9 Å². The summed E-state index contributed by atoms with van der Waals surface area (Å²) in [5.41, 5.74) is 1.57. The van der Waals surface area contributed by atoms with E-state index in [4.69, 9.17) is 9.84 Å². The van der Waals surface area contributed by atoms with Crippen molar-refractivity contribution in [3.8, 4) is 16.2 Å². The van der Waals surface area contributed by atoms with Crippen molar-refractivity contribution in [3.05, 3.63) is 33.6 Å². The number of hydrogen-bond acceptors (Lipinski definition) is 7. The normalized spacial score (nSPS) is 15.3. The fourth-order valence-corrected chi connectivity index (χ4v) is 7.07. The van der Waals surface area contributed by atoms with E-state index < -0.39 is 28.6 Å². The zero-order valence-corrected chi connectivity index (χ0v) is 21.1. The monoisotopic (exact) mass is 560 g/mol. The standard InChI is InChI=1S/C21H25BrN2O7S2/c1-2-10-33(29,30)24-8-6-14(7-9-24)23-15-5-3-4-13(11-15)19-17(22)18(31-12-16(25)26)20(32-19)21(27)28/h3-5,11,14,23H,2,6-10,12H2,1H3,(H,25,26)(H,27,28). The highest BCUT2D eigenvalue weighted by molar-refractivity contribution is 9.10. The number of piperidine rings is 1. The number of aliphatic carboxylic acids is 1. The first-order chi connectivity index (χ1) is 15.6. The summed E-state index contributed by atoms with van der Waals surface area (Å²) >= 11 is 4.36. The smallest absolute Gasteiger partial charge is 0.349 e. The first-order valence-corrected chi connectivity index (χ1v) is 13.6. The summed E-state index contributed by atoms with van der Waals surface area (Å²) in [6.45, 7) is 2.15. The molecular formula is C21H25BrN2O7S2. The number of aromatic carboxylic acids is 1. The molecule has 1 fully saturated rings. The Balaban J connectivity index is 1.75. The Morgan fingerprint density at radius 2 is 1.97 bits per heavy atom. The molecule has 0 radical (unpaired) electrons. The molecule has 0 amide bonds. The maximum atomic E-state index is 12.3. The Bertz CT molecular complexity index is 1130. The molecule has 12 heteroatoms. The third-order valence-electron chi connectivity index (χ3n) is 5.15. The molecule has 180 valence electrons. The third-order valence-corrected chi connectivity index (χ3v) is 9.45. The van der Waals surface area contributed by atoms with Gasteiger partial charge in [0.2, 0.25) is 10.0 Å². The number of hydrogen-bond donors (Lipinski definition) is 3. The van der Waals surface area contributed by atoms with E-state index in [0.717, 1.165) is 22.6 Å². The lowest BCUT2D eigenvalue weighted by atomic mass is 10.1. The highest BCUT2D eigenvalue weighted by Crippen LogP contribution is 2.46. The van der Waals surface area contributed by atoms with Gasteiger partial charge in [-0.25, -0.2) is 22.3 Å². The first kappa shape index (κ1) is 25.5. The van der Waals surface area contributed by atoms with Gasteiger partial charge >= 0.3 is 11.9 Å². The number of sulfonamides is 1. The van der Waals surface area contributed by atoms with Crippen molar-refractivity contribution in [1.82, 2.24) is 4.31 Å². The minimum absolute atomic E-state index is 0.0103. The number of ether oxygens (including phenoxy) is 1. The van der Waals surface area contributed by atoms with Crippen LogP contribution < -0.4 is 10.1 Å². The van der Waals surface area contributed by atoms with Gasteiger partial charge in [-0.1, -0.05) is 19.1 Å². The second kappa shape index (κ2) is 10.9. The van der Waals surface area contributed by atoms with Gasteiger partial charge in [0.25, 0.3) is 0 Å². The molecule has 0 unspecified atom stereocenters. The topological polar surface area (TPSA) is 133 Å². The molecule has 3 N–H and O–H groups in total. The predicted molar refractivity (Wildman–Crippen MR) is 130 cm³/mol. The van der Waals surface area contributed by atoms with Crippen LogP contribution in [-0.4, -0.2) is 66.4 Å². The number of rotatable bonds is 10. The number of anilines is 1. The first-order valence-electron chi connectivity index (χ1n) is 10.4. The summed E-state index contributed by atoms with van der Waals surface area (Å²) in [6, 6.07) is 7.55. The lowest BCUT2D eigenvalue weighted by molar-refractivity contribution is -0.139. The van der Waals surface area contributed by atoms with E-state index in [0.29, 0.717) is 41.7 Å². The number of benzene rings is 1. The molecule has 1 saturated heterocycles. The summed E-state index contributed by atoms with van der Waals surface area (Å²) in [6.07, 6.45) is 1.97. The molecule has 2 heterocycles. The van der Waals surface area contributed by atoms with Crippen molar-refractivity contribution in [3.63, 3.8) is 0 Å². The maximum absolute atomic E-state index is 12.3. The Morgan fingerprint density at radius 3 is 2.58 bits per heavy atom. The zero-order chi connectivity index (χ0) is 24.2. The molecule has 3 rings (SSSR count). The summed E-state index contributed by atoms with van der Waals surface area (Å²) in [5, 5.41) is 21.8. The van der Waals surface area contributed by atoms with E-state index in [1.54, 1.807) is 4.31 Å². The van der Waals surface area contributed by atoms with E-state index in [1.807, 2.05) is 31.2 Å². The number of halogens is 1. The number of carbonyl (C=O) groups is 2. The Labute approximate surface area is 204 Å². The van der Waals surface area contributed by atoms with Gasteiger partial charge in [-0.2, -0.15) is 0 Å². The van der Waals surface area contributed by atoms with Crippen molar-refractivity contribution < 1.29 is 33.0 Å². The average molecular weight is 561 g/mol. The minimum atomic E-state index is -3.19. The molecule has 1 aliphatic heterocycles. The van der Waals surface area contributed by atoms with Crippen LogP contribution in [0.5, 0.6) is 5.75 Å². The van der Waals surface area contributed by atoms with Gasteiger partial charge in [-0.15, -0.1) is 11.3 Å². The Hall–Kier alpha value is -2.15. The van der Waals surface area contributed by atoms with Crippen LogP contribution in [0.2, 0.25) is 0 Å². The lowest BCUT2D eigenvalue weighted by Gasteiger charge is -2.32. The molecule has 1 aromatic carbocycles. The quantitative estimate of drug-likeness (QED) is 0.397. The summed E-state index contributed by atoms with van der Waals surface area (Å²) in [7, 11) is -3.19. The number of nitrogens with zero attached hydrogens (tertiary/aromatic N) is 1. The minimum Gasteiger partial charge on any atom is -0.479 e. The van der Waals surface area contributed by atoms with E-state index in [-0.39, 0.29) is 22.4 Å². The van der Waals surface area contributed by atoms with Crippen LogP contribution in [0, 0.1) is 0 Å². The number of thiophene rings is 1. The molecular weight excluding hydrogens is 536 g/mol. The fraction of sp³-hybridized carbons (Fsp3) is 0.429. The van der Waals surface area contributed by atoms with Crippen LogP contribution in [0.4, 0.5) is 5.69 Å². The van der Waals surface area contributed by atoms with Crippen molar-refractivity contribution in [2.75, 3.05) is 30.8 Å². The van der Waals surface area contributed by atoms with Gasteiger partial charge in [-0.3, -0.25) is 0 Å². The number of nitrogens with one attached hydrogen (secondary N) is 1. The van der Waals surface area contributed by atoms with E-state index in [1.165, 1.54) is 0 Å². The van der Waals surface area contributed by atoms with Crippen LogP contribution in [0.25, 0.3) is 10.4 Å². The molecule has 0 atom stereocenters. The zero-order valence-electron chi connectivity index (χ0n) is 17.9. The summed E-state index contributed by atoms with van der Waals surface area (Å²) in [5.74, 6) is -2.25. The van der Waals surface area contributed by atoms with Gasteiger partial charge in [0.15, 0.2) is 17.2 Å². The lowest BCUT2D eigenvalue weighted by Crippen LogP contribution is -2.43. The van der Waals surface area contributed by atoms with Crippen LogP contribution in [0.3, 0.4) is 0 Å². The highest BCUT2D eigenvalue weighted by atomic mass is 79.9. The molecule has 2 aromatic rings. The predicted octanol–water partition coefficient (Wildman–Crippen LogP) is 3.96. The van der Waals surface area contributed by atoms with Crippen LogP contribution in [0.15, 0.2) is 28.7 Å². The van der Waals surface area contributed by atoms with Crippen molar-refractivity contribution >= 4 is 54.9 Å². The van der Waals surface area contributed by atoms with Crippen LogP contribution in [-0.2, 0) is 14.8 Å². The molecule has 1 aromatic heterocycles. The SMILES string of the molecule is CCCS(=O)(=O)N1CCC(Nc2cccc(-c3sc(C(=O)O)c(OCC(=O)O)c3Br)c2)CC1. The largest absolute Gasteiger partial charge is 0.479 e. The summed E-state index contributed by atoms with van der Waals surface area (Å²) in [4.78, 5) is 23.0. The second-order valence-corrected chi connectivity index (χ2v) is 11.5. The van der Waals surface area contributed by atoms with E-state index in [2.05, 4.69) is 21.2 Å². The Morgan fingerprint density at radius 1 is 1.27 bits per heavy atom. The van der Waals surface area contributed by atoms with Crippen molar-refractivity contribution in [2.24, 2.45) is 0 Å². The maximum Gasteiger partial charge on any atom is 0.349 e. The van der Waals surface area contributed by atoms with Crippen molar-refractivity contribution in [1.29, 1.82) is 0 Å². The molecule has 0 aliphatic carbocycles. The van der Waals surface area contributed by atoms with Crippen molar-refractivity contribution in [2.45, 2.75) is 32.2 Å². The van der Waals surface area contributed by atoms with Gasteiger partial charge in [0, 0.05) is 24.8 Å². The number of carboxylic acid groups (broad SMARTS) is 2. The van der Waals surface area contributed by atoms with Gasteiger partial charge in [-0.05, 0) is 52.9 Å². The third kappa shape index (κ3) is 6.25. The molecule has 0 spiro atoms. The highest BCUT2D eigenvalue weighted by Gasteiger charge is 2.28. The fourth-order valence-electron chi connectivity index (χ4n) is 3.64. The van der Waals surface area contributed by atoms with E-state index in [9.17, 15) is 23.1 Å². The van der Waals surface area contributed by atoms with Gasteiger partial charge < -0.3 is 20.3 Å². The molecule has 0 saturated carbocycles. The Kier molecular flexibility index (Phi) is 8.38. The van der Waals surface area contributed by atoms with Gasteiger partial charge in [0.1, 0.15) is 0 Å². The summed E-state index contributed by atoms with van der Waals surface area (Å²) < 4.78 is 31.7. The van der Waals surface area contributed by atoms with Gasteiger partial charge in [0.05, 0.1) is 15.1 Å². The van der Waals surface area contributed by atoms with E-state index >= 15 is 0 Å². The molecule has 33 heavy (non-hydrogen) atoms. The second-order valence-electron chi connectivity index (χ2n) is 7.61. The molecule has 0 bridgehead atoms. The molecule has 9 nitrogen and oxygen atoms in total. The average Bonchev–Trinajstić information content (AvgIpc) is 3.09. The number of carboxylic acids is 2. The van der Waals surface area contributed by atoms with Crippen LogP contribution >= 0.6 is 27.3 Å².